The van der Waals surface area contributed by atoms with Gasteiger partial charge < -0.3 is 0 Å². The summed E-state index contributed by atoms with van der Waals surface area (Å²) in [5.41, 5.74) is 4.85. The van der Waals surface area contributed by atoms with Gasteiger partial charge in [-0.2, -0.15) is 0 Å². The van der Waals surface area contributed by atoms with E-state index >= 15 is 0 Å². The Hall–Kier alpha value is -0.690. The molecule has 0 spiro atoms. The van der Waals surface area contributed by atoms with Crippen LogP contribution >= 0.6 is 34.2 Å². The van der Waals surface area contributed by atoms with Gasteiger partial charge in [-0.3, -0.25) is 11.3 Å². The summed E-state index contributed by atoms with van der Waals surface area (Å²) >= 11 is 8.27. The first-order chi connectivity index (χ1) is 9.10. The Morgan fingerprint density at radius 2 is 1.89 bits per heavy atom. The fraction of sp³-hybridized carbons (Fsp3) is 0.143. The maximum Gasteiger partial charge on any atom is 0.123 e. The number of hydrogen-bond acceptors (Lipinski definition) is 2. The smallest absolute Gasteiger partial charge is 0.123 e. The third-order valence-electron chi connectivity index (χ3n) is 2.89. The number of hydrazine groups is 1. The Balaban J connectivity index is 2.24. The molecule has 19 heavy (non-hydrogen) atoms. The van der Waals surface area contributed by atoms with Gasteiger partial charge in [-0.1, -0.05) is 23.7 Å². The molecule has 0 heterocycles. The Morgan fingerprint density at radius 1 is 1.21 bits per heavy atom. The number of benzene rings is 2. The molecule has 0 aliphatic carbocycles. The number of hydrogen-bond donors (Lipinski definition) is 2. The largest absolute Gasteiger partial charge is 0.271 e. The molecule has 2 aromatic carbocycles. The lowest BCUT2D eigenvalue weighted by Gasteiger charge is -2.18. The zero-order valence-corrected chi connectivity index (χ0v) is 13.0. The molecule has 0 aliphatic rings. The van der Waals surface area contributed by atoms with Crippen LogP contribution in [0, 0.1) is 9.39 Å². The van der Waals surface area contributed by atoms with Crippen molar-refractivity contribution >= 4 is 34.2 Å². The average molecular weight is 391 g/mol. The van der Waals surface area contributed by atoms with Crippen molar-refractivity contribution in [2.45, 2.75) is 12.5 Å². The van der Waals surface area contributed by atoms with E-state index in [1.165, 1.54) is 12.1 Å². The van der Waals surface area contributed by atoms with E-state index in [1.807, 2.05) is 18.2 Å². The molecule has 0 amide bonds. The topological polar surface area (TPSA) is 38.0 Å². The monoisotopic (exact) mass is 390 g/mol. The molecular weight excluding hydrogens is 378 g/mol. The van der Waals surface area contributed by atoms with E-state index in [4.69, 9.17) is 17.4 Å². The van der Waals surface area contributed by atoms with Gasteiger partial charge in [0, 0.05) is 8.59 Å². The second-order valence-electron chi connectivity index (χ2n) is 4.22. The molecule has 2 rings (SSSR count). The molecule has 1 atom stereocenters. The predicted octanol–water partition coefficient (Wildman–Crippen LogP) is 3.83. The normalized spacial score (nSPS) is 12.4. The minimum Gasteiger partial charge on any atom is -0.271 e. The minimum absolute atomic E-state index is 0.0592. The van der Waals surface area contributed by atoms with E-state index in [1.54, 1.807) is 12.1 Å². The summed E-state index contributed by atoms with van der Waals surface area (Å²) in [6.45, 7) is 0. The van der Waals surface area contributed by atoms with Gasteiger partial charge in [0.05, 0.1) is 6.04 Å². The van der Waals surface area contributed by atoms with Crippen molar-refractivity contribution in [3.8, 4) is 0 Å². The van der Waals surface area contributed by atoms with E-state index in [-0.39, 0.29) is 11.9 Å². The molecule has 0 saturated heterocycles. The number of nitrogens with two attached hydrogens (primary N) is 1. The molecule has 0 bridgehead atoms. The Bertz CT molecular complexity index is 560. The van der Waals surface area contributed by atoms with E-state index in [0.717, 1.165) is 14.7 Å². The van der Waals surface area contributed by atoms with Crippen LogP contribution in [0.3, 0.4) is 0 Å². The molecule has 0 aliphatic heterocycles. The van der Waals surface area contributed by atoms with Crippen molar-refractivity contribution < 1.29 is 4.39 Å². The van der Waals surface area contributed by atoms with Crippen molar-refractivity contribution in [1.29, 1.82) is 0 Å². The zero-order chi connectivity index (χ0) is 13.8. The molecule has 2 nitrogen and oxygen atoms in total. The first-order valence-electron chi connectivity index (χ1n) is 5.75. The lowest BCUT2D eigenvalue weighted by atomic mass is 9.99. The van der Waals surface area contributed by atoms with Crippen LogP contribution < -0.4 is 11.3 Å². The fourth-order valence-electron chi connectivity index (χ4n) is 1.90. The van der Waals surface area contributed by atoms with Crippen molar-refractivity contribution in [3.05, 3.63) is 68.0 Å². The van der Waals surface area contributed by atoms with E-state index in [9.17, 15) is 4.39 Å². The first kappa shape index (κ1) is 14.7. The molecule has 3 N–H and O–H groups in total. The van der Waals surface area contributed by atoms with Crippen molar-refractivity contribution in [2.75, 3.05) is 0 Å². The summed E-state index contributed by atoms with van der Waals surface area (Å²) in [7, 11) is 0. The summed E-state index contributed by atoms with van der Waals surface area (Å²) in [5.74, 6) is 5.39. The highest BCUT2D eigenvalue weighted by atomic mass is 127. The molecule has 0 saturated carbocycles. The third kappa shape index (κ3) is 3.89. The standard InChI is InChI=1S/C14H13ClFIN2/c15-10-3-6-13(17)12(8-10)14(19-18)7-9-1-4-11(16)5-2-9/h1-6,8,14,19H,7,18H2. The second kappa shape index (κ2) is 6.65. The lowest BCUT2D eigenvalue weighted by molar-refractivity contribution is 0.548. The summed E-state index contributed by atoms with van der Waals surface area (Å²) in [5, 5.41) is 0.676. The van der Waals surface area contributed by atoms with Crippen LogP contribution in [0.5, 0.6) is 0 Å². The van der Waals surface area contributed by atoms with Crippen LogP contribution in [-0.2, 0) is 6.42 Å². The van der Waals surface area contributed by atoms with Crippen LogP contribution in [0.2, 0.25) is 5.02 Å². The highest BCUT2D eigenvalue weighted by molar-refractivity contribution is 14.1. The molecule has 0 radical (unpaired) electrons. The van der Waals surface area contributed by atoms with Crippen molar-refractivity contribution in [1.82, 2.24) is 5.43 Å². The first-order valence-corrected chi connectivity index (χ1v) is 7.21. The lowest BCUT2D eigenvalue weighted by Crippen LogP contribution is -2.30. The van der Waals surface area contributed by atoms with Crippen molar-refractivity contribution in [2.24, 2.45) is 5.84 Å². The predicted molar refractivity (Wildman–Crippen MR) is 84.3 cm³/mol. The second-order valence-corrected chi connectivity index (χ2v) is 5.81. The van der Waals surface area contributed by atoms with Crippen LogP contribution in [-0.4, -0.2) is 0 Å². The minimum atomic E-state index is -0.238. The molecule has 0 aromatic heterocycles. The third-order valence-corrected chi connectivity index (χ3v) is 4.11. The quantitative estimate of drug-likeness (QED) is 0.473. The highest BCUT2D eigenvalue weighted by Crippen LogP contribution is 2.26. The Labute approximate surface area is 130 Å². The molecule has 100 valence electrons. The van der Waals surface area contributed by atoms with Gasteiger partial charge in [-0.05, 0) is 70.5 Å². The van der Waals surface area contributed by atoms with Gasteiger partial charge in [0.25, 0.3) is 0 Å². The average Bonchev–Trinajstić information content (AvgIpc) is 2.41. The van der Waals surface area contributed by atoms with E-state index < -0.39 is 0 Å². The summed E-state index contributed by atoms with van der Waals surface area (Å²) in [4.78, 5) is 0. The summed E-state index contributed by atoms with van der Waals surface area (Å²) in [6, 6.07) is 12.1. The highest BCUT2D eigenvalue weighted by Gasteiger charge is 2.14. The zero-order valence-electron chi connectivity index (χ0n) is 10.0. The van der Waals surface area contributed by atoms with Gasteiger partial charge in [0.1, 0.15) is 5.82 Å². The molecule has 1 unspecified atom stereocenters. The van der Waals surface area contributed by atoms with Crippen LogP contribution in [0.1, 0.15) is 17.2 Å². The SMILES string of the molecule is NNC(Cc1ccc(F)cc1)c1cc(Cl)ccc1I. The van der Waals surface area contributed by atoms with E-state index in [2.05, 4.69) is 28.0 Å². The maximum absolute atomic E-state index is 12.9. The van der Waals surface area contributed by atoms with Crippen LogP contribution in [0.25, 0.3) is 0 Å². The molecular formula is C14H13ClFIN2. The van der Waals surface area contributed by atoms with Crippen LogP contribution in [0.15, 0.2) is 42.5 Å². The van der Waals surface area contributed by atoms with Gasteiger partial charge in [0.2, 0.25) is 0 Å². The molecule has 5 heteroatoms. The van der Waals surface area contributed by atoms with Crippen LogP contribution in [0.4, 0.5) is 4.39 Å². The van der Waals surface area contributed by atoms with Gasteiger partial charge in [0.15, 0.2) is 0 Å². The molecule has 2 aromatic rings. The number of nitrogens with one attached hydrogen (secondary N) is 1. The fourth-order valence-corrected chi connectivity index (χ4v) is 2.79. The van der Waals surface area contributed by atoms with E-state index in [0.29, 0.717) is 11.4 Å². The van der Waals surface area contributed by atoms with Gasteiger partial charge >= 0.3 is 0 Å². The summed E-state index contributed by atoms with van der Waals surface area (Å²) < 4.78 is 14.0. The maximum atomic E-state index is 12.9. The van der Waals surface area contributed by atoms with Crippen molar-refractivity contribution in [3.63, 3.8) is 0 Å². The van der Waals surface area contributed by atoms with Gasteiger partial charge in [-0.15, -0.1) is 0 Å². The Kier molecular flexibility index (Phi) is 5.15. The molecule has 0 fully saturated rings. The van der Waals surface area contributed by atoms with Gasteiger partial charge in [-0.25, -0.2) is 4.39 Å². The number of halogens is 3. The number of rotatable bonds is 4. The summed E-state index contributed by atoms with van der Waals surface area (Å²) in [6.07, 6.45) is 0.674. The Morgan fingerprint density at radius 3 is 2.53 bits per heavy atom.